The van der Waals surface area contributed by atoms with Crippen LogP contribution >= 0.6 is 11.8 Å². The molecule has 0 aromatic heterocycles. The summed E-state index contributed by atoms with van der Waals surface area (Å²) in [7, 11) is 1.74. The fourth-order valence-corrected chi connectivity index (χ4v) is 4.13. The summed E-state index contributed by atoms with van der Waals surface area (Å²) in [6, 6.07) is 0. The molecule has 1 atom stereocenters. The topological polar surface area (TPSA) is 59.6 Å². The Balaban J connectivity index is 1.63. The van der Waals surface area contributed by atoms with E-state index in [0.717, 1.165) is 57.9 Å². The number of piperidine rings is 1. The summed E-state index contributed by atoms with van der Waals surface area (Å²) in [5.74, 6) is 1.59. The first kappa shape index (κ1) is 18.0. The number of nitrogens with one attached hydrogen (secondary N) is 2. The van der Waals surface area contributed by atoms with Gasteiger partial charge in [0.2, 0.25) is 5.91 Å². The number of carbonyl (C=O) groups is 1. The van der Waals surface area contributed by atoms with E-state index in [1.54, 1.807) is 18.9 Å². The van der Waals surface area contributed by atoms with Crippen molar-refractivity contribution in [2.75, 3.05) is 51.5 Å². The fraction of sp³-hybridized carbons (Fsp3) is 0.938. The number of thioether (sulfide) groups is 1. The van der Waals surface area contributed by atoms with Crippen molar-refractivity contribution in [3.8, 4) is 0 Å². The lowest BCUT2D eigenvalue weighted by molar-refractivity contribution is -0.119. The Hall–Kier alpha value is -0.300. The molecule has 0 aromatic carbocycles. The fourth-order valence-electron chi connectivity index (χ4n) is 3.19. The zero-order valence-corrected chi connectivity index (χ0v) is 14.5. The van der Waals surface area contributed by atoms with Gasteiger partial charge >= 0.3 is 0 Å². The Bertz CT molecular complexity index is 324. The molecule has 1 amide bonds. The maximum atomic E-state index is 12.0. The van der Waals surface area contributed by atoms with E-state index >= 15 is 0 Å². The van der Waals surface area contributed by atoms with Crippen molar-refractivity contribution in [3.05, 3.63) is 0 Å². The molecule has 2 saturated heterocycles. The quantitative estimate of drug-likeness (QED) is 0.705. The standard InChI is InChI=1S/C16H30N2O3S/c1-20-13-16(5-7-17-8-6-16)12-18-15(19)11-22-10-14-4-2-3-9-21-14/h14,17H,2-13H2,1H3,(H,18,19). The van der Waals surface area contributed by atoms with Crippen LogP contribution < -0.4 is 10.6 Å². The van der Waals surface area contributed by atoms with E-state index in [1.165, 1.54) is 12.8 Å². The summed E-state index contributed by atoms with van der Waals surface area (Å²) in [5.41, 5.74) is 0.104. The van der Waals surface area contributed by atoms with E-state index in [-0.39, 0.29) is 11.3 Å². The van der Waals surface area contributed by atoms with Gasteiger partial charge in [0.1, 0.15) is 0 Å². The van der Waals surface area contributed by atoms with Crippen LogP contribution in [0.3, 0.4) is 0 Å². The van der Waals surface area contributed by atoms with Crippen molar-refractivity contribution in [3.63, 3.8) is 0 Å². The molecule has 0 saturated carbocycles. The van der Waals surface area contributed by atoms with Crippen molar-refractivity contribution in [2.24, 2.45) is 5.41 Å². The zero-order valence-electron chi connectivity index (χ0n) is 13.7. The van der Waals surface area contributed by atoms with Gasteiger partial charge in [0.05, 0.1) is 18.5 Å². The zero-order chi connectivity index (χ0) is 15.7. The molecule has 0 bridgehead atoms. The van der Waals surface area contributed by atoms with Gasteiger partial charge in [-0.15, -0.1) is 11.8 Å². The van der Waals surface area contributed by atoms with Gasteiger partial charge in [-0.3, -0.25) is 4.79 Å². The molecular weight excluding hydrogens is 300 g/mol. The number of carbonyl (C=O) groups excluding carboxylic acids is 1. The summed E-state index contributed by atoms with van der Waals surface area (Å²) in [5, 5.41) is 6.48. The second-order valence-corrected chi connectivity index (χ2v) is 7.49. The molecule has 5 nitrogen and oxygen atoms in total. The minimum absolute atomic E-state index is 0.104. The van der Waals surface area contributed by atoms with Gasteiger partial charge in [0.25, 0.3) is 0 Å². The lowest BCUT2D eigenvalue weighted by Gasteiger charge is -2.37. The van der Waals surface area contributed by atoms with E-state index in [1.807, 2.05) is 0 Å². The second kappa shape index (κ2) is 9.75. The van der Waals surface area contributed by atoms with Gasteiger partial charge in [-0.2, -0.15) is 0 Å². The molecule has 0 radical (unpaired) electrons. The predicted octanol–water partition coefficient (Wildman–Crippen LogP) is 1.42. The second-order valence-electron chi connectivity index (χ2n) is 6.46. The molecule has 22 heavy (non-hydrogen) atoms. The van der Waals surface area contributed by atoms with Crippen LogP contribution in [-0.4, -0.2) is 63.5 Å². The average molecular weight is 330 g/mol. The van der Waals surface area contributed by atoms with E-state index in [9.17, 15) is 4.79 Å². The molecule has 0 aromatic rings. The van der Waals surface area contributed by atoms with Crippen LogP contribution in [0, 0.1) is 5.41 Å². The van der Waals surface area contributed by atoms with Gasteiger partial charge in [-0.25, -0.2) is 0 Å². The summed E-state index contributed by atoms with van der Waals surface area (Å²) >= 11 is 1.69. The van der Waals surface area contributed by atoms with Gasteiger partial charge < -0.3 is 20.1 Å². The number of amides is 1. The Morgan fingerprint density at radius 2 is 2.23 bits per heavy atom. The normalized spacial score (nSPS) is 24.9. The number of ether oxygens (including phenoxy) is 2. The van der Waals surface area contributed by atoms with E-state index in [2.05, 4.69) is 10.6 Å². The lowest BCUT2D eigenvalue weighted by Crippen LogP contribution is -2.47. The summed E-state index contributed by atoms with van der Waals surface area (Å²) in [4.78, 5) is 12.0. The number of hydrogen-bond acceptors (Lipinski definition) is 5. The molecule has 2 fully saturated rings. The maximum absolute atomic E-state index is 12.0. The smallest absolute Gasteiger partial charge is 0.230 e. The van der Waals surface area contributed by atoms with Crippen LogP contribution in [0.25, 0.3) is 0 Å². The van der Waals surface area contributed by atoms with Gasteiger partial charge in [-0.1, -0.05) is 0 Å². The van der Waals surface area contributed by atoms with Crippen LogP contribution in [0.5, 0.6) is 0 Å². The largest absolute Gasteiger partial charge is 0.384 e. The van der Waals surface area contributed by atoms with E-state index in [4.69, 9.17) is 9.47 Å². The number of hydrogen-bond donors (Lipinski definition) is 2. The van der Waals surface area contributed by atoms with Crippen LogP contribution in [0.1, 0.15) is 32.1 Å². The SMILES string of the molecule is COCC1(CNC(=O)CSCC2CCCCO2)CCNCC1. The molecule has 1 unspecified atom stereocenters. The highest BCUT2D eigenvalue weighted by Crippen LogP contribution is 2.28. The van der Waals surface area contributed by atoms with Crippen molar-refractivity contribution in [1.29, 1.82) is 0 Å². The minimum atomic E-state index is 0.104. The van der Waals surface area contributed by atoms with Crippen LogP contribution in [0.2, 0.25) is 0 Å². The van der Waals surface area contributed by atoms with Gasteiger partial charge in [-0.05, 0) is 45.2 Å². The number of rotatable bonds is 8. The minimum Gasteiger partial charge on any atom is -0.384 e. The Labute approximate surface area is 138 Å². The maximum Gasteiger partial charge on any atom is 0.230 e. The first-order valence-electron chi connectivity index (χ1n) is 8.40. The van der Waals surface area contributed by atoms with Crippen molar-refractivity contribution in [2.45, 2.75) is 38.2 Å². The van der Waals surface area contributed by atoms with Crippen LogP contribution in [0.15, 0.2) is 0 Å². The molecule has 2 aliphatic heterocycles. The molecule has 2 aliphatic rings. The third-order valence-electron chi connectivity index (χ3n) is 4.59. The van der Waals surface area contributed by atoms with Gasteiger partial charge in [0, 0.05) is 31.4 Å². The van der Waals surface area contributed by atoms with Crippen LogP contribution in [0.4, 0.5) is 0 Å². The van der Waals surface area contributed by atoms with E-state index in [0.29, 0.717) is 11.9 Å². The molecule has 6 heteroatoms. The molecule has 2 rings (SSSR count). The third-order valence-corrected chi connectivity index (χ3v) is 5.66. The molecule has 0 aliphatic carbocycles. The lowest BCUT2D eigenvalue weighted by atomic mass is 9.79. The monoisotopic (exact) mass is 330 g/mol. The molecule has 2 N–H and O–H groups in total. The Morgan fingerprint density at radius 1 is 1.41 bits per heavy atom. The van der Waals surface area contributed by atoms with Crippen molar-refractivity contribution >= 4 is 17.7 Å². The molecule has 0 spiro atoms. The summed E-state index contributed by atoms with van der Waals surface area (Å²) < 4.78 is 11.1. The number of methoxy groups -OCH3 is 1. The van der Waals surface area contributed by atoms with Crippen molar-refractivity contribution < 1.29 is 14.3 Å². The summed E-state index contributed by atoms with van der Waals surface area (Å²) in [6.07, 6.45) is 6.03. The highest BCUT2D eigenvalue weighted by atomic mass is 32.2. The predicted molar refractivity (Wildman–Crippen MR) is 90.3 cm³/mol. The van der Waals surface area contributed by atoms with Crippen LogP contribution in [-0.2, 0) is 14.3 Å². The third kappa shape index (κ3) is 6.07. The Kier molecular flexibility index (Phi) is 8.00. The average Bonchev–Trinajstić information content (AvgIpc) is 2.55. The highest BCUT2D eigenvalue weighted by molar-refractivity contribution is 7.99. The highest BCUT2D eigenvalue weighted by Gasteiger charge is 2.32. The first-order valence-corrected chi connectivity index (χ1v) is 9.55. The van der Waals surface area contributed by atoms with Crippen molar-refractivity contribution in [1.82, 2.24) is 10.6 Å². The molecule has 128 valence electrons. The molecule has 2 heterocycles. The van der Waals surface area contributed by atoms with Gasteiger partial charge in [0.15, 0.2) is 0 Å². The van der Waals surface area contributed by atoms with E-state index < -0.39 is 0 Å². The summed E-state index contributed by atoms with van der Waals surface area (Å²) in [6.45, 7) is 4.34. The Morgan fingerprint density at radius 3 is 2.91 bits per heavy atom. The molecular formula is C16H30N2O3S. The first-order chi connectivity index (χ1) is 10.7.